The van der Waals surface area contributed by atoms with E-state index in [1.165, 1.54) is 26.1 Å². The smallest absolute Gasteiger partial charge is 0.0590 e. The zero-order valence-electron chi connectivity index (χ0n) is 7.31. The summed E-state index contributed by atoms with van der Waals surface area (Å²) in [6, 6.07) is 0.662. The molecule has 0 spiro atoms. The Balaban J connectivity index is 2.39. The van der Waals surface area contributed by atoms with Crippen LogP contribution < -0.4 is 5.32 Å². The summed E-state index contributed by atoms with van der Waals surface area (Å²) in [5.41, 5.74) is 0. The van der Waals surface area contributed by atoms with Crippen LogP contribution in [0.25, 0.3) is 0 Å². The minimum atomic E-state index is 0.662. The molecule has 0 aliphatic carbocycles. The van der Waals surface area contributed by atoms with Gasteiger partial charge in [0.05, 0.1) is 4.05 Å². The summed E-state index contributed by atoms with van der Waals surface area (Å²) in [4.78, 5) is 2.53. The number of hydrogen-bond acceptors (Lipinski definition) is 2. The van der Waals surface area contributed by atoms with Crippen LogP contribution in [0.4, 0.5) is 0 Å². The molecule has 0 bridgehead atoms. The van der Waals surface area contributed by atoms with Gasteiger partial charge in [-0.05, 0) is 26.8 Å². The molecule has 0 saturated carbocycles. The van der Waals surface area contributed by atoms with E-state index in [-0.39, 0.29) is 0 Å². The number of nitrogens with zero attached hydrogens (tertiary/aromatic N) is 1. The summed E-state index contributed by atoms with van der Waals surface area (Å²) in [6.07, 6.45) is 1.29. The first kappa shape index (κ1) is 9.74. The van der Waals surface area contributed by atoms with Crippen molar-refractivity contribution in [2.45, 2.75) is 30.4 Å². The van der Waals surface area contributed by atoms with Crippen molar-refractivity contribution in [1.82, 2.24) is 10.2 Å². The lowest BCUT2D eigenvalue weighted by Crippen LogP contribution is -2.37. The van der Waals surface area contributed by atoms with Gasteiger partial charge >= 0.3 is 0 Å². The SMILES string of the molecule is CC(I)N1CCCN[C@@H](C)C1. The van der Waals surface area contributed by atoms with E-state index in [1.54, 1.807) is 0 Å². The Kier molecular flexibility index (Phi) is 4.09. The Morgan fingerprint density at radius 3 is 3.00 bits per heavy atom. The van der Waals surface area contributed by atoms with E-state index in [1.807, 2.05) is 0 Å². The highest BCUT2D eigenvalue weighted by atomic mass is 127. The van der Waals surface area contributed by atoms with Crippen molar-refractivity contribution in [2.75, 3.05) is 19.6 Å². The van der Waals surface area contributed by atoms with Crippen LogP contribution in [-0.2, 0) is 0 Å². The Morgan fingerprint density at radius 2 is 2.36 bits per heavy atom. The fraction of sp³-hybridized carbons (Fsp3) is 1.00. The average molecular weight is 268 g/mol. The van der Waals surface area contributed by atoms with Crippen LogP contribution in [0.1, 0.15) is 20.3 Å². The Morgan fingerprint density at radius 1 is 1.64 bits per heavy atom. The number of nitrogens with one attached hydrogen (secondary N) is 1. The minimum absolute atomic E-state index is 0.662. The molecule has 1 N–H and O–H groups in total. The molecule has 66 valence electrons. The largest absolute Gasteiger partial charge is 0.313 e. The van der Waals surface area contributed by atoms with E-state index in [9.17, 15) is 0 Å². The number of rotatable bonds is 1. The quantitative estimate of drug-likeness (QED) is 0.440. The van der Waals surface area contributed by atoms with Gasteiger partial charge in [-0.3, -0.25) is 4.90 Å². The maximum Gasteiger partial charge on any atom is 0.0590 e. The van der Waals surface area contributed by atoms with Gasteiger partial charge in [-0.15, -0.1) is 0 Å². The van der Waals surface area contributed by atoms with Crippen LogP contribution in [0.5, 0.6) is 0 Å². The zero-order chi connectivity index (χ0) is 8.27. The Hall–Kier alpha value is 0.650. The van der Waals surface area contributed by atoms with E-state index in [0.29, 0.717) is 10.1 Å². The first-order valence-corrected chi connectivity index (χ1v) is 5.56. The summed E-state index contributed by atoms with van der Waals surface area (Å²) in [5, 5.41) is 3.48. The highest BCUT2D eigenvalue weighted by Crippen LogP contribution is 2.10. The second kappa shape index (κ2) is 4.62. The van der Waals surface area contributed by atoms with Crippen molar-refractivity contribution in [1.29, 1.82) is 0 Å². The van der Waals surface area contributed by atoms with Crippen molar-refractivity contribution in [2.24, 2.45) is 0 Å². The molecule has 1 unspecified atom stereocenters. The molecular weight excluding hydrogens is 251 g/mol. The van der Waals surface area contributed by atoms with E-state index >= 15 is 0 Å². The number of halogens is 1. The molecule has 0 radical (unpaired) electrons. The van der Waals surface area contributed by atoms with E-state index in [2.05, 4.69) is 46.7 Å². The maximum atomic E-state index is 3.48. The molecule has 0 aromatic carbocycles. The van der Waals surface area contributed by atoms with Gasteiger partial charge in [0.1, 0.15) is 0 Å². The summed E-state index contributed by atoms with van der Waals surface area (Å²) < 4.78 is 0.676. The van der Waals surface area contributed by atoms with Gasteiger partial charge in [0.15, 0.2) is 0 Å². The van der Waals surface area contributed by atoms with E-state index in [4.69, 9.17) is 0 Å². The fourth-order valence-electron chi connectivity index (χ4n) is 1.46. The lowest BCUT2D eigenvalue weighted by molar-refractivity contribution is 0.276. The van der Waals surface area contributed by atoms with Crippen molar-refractivity contribution < 1.29 is 0 Å². The van der Waals surface area contributed by atoms with Crippen molar-refractivity contribution in [3.8, 4) is 0 Å². The number of hydrogen-bond donors (Lipinski definition) is 1. The lowest BCUT2D eigenvalue weighted by Gasteiger charge is -2.24. The highest BCUT2D eigenvalue weighted by molar-refractivity contribution is 14.1. The van der Waals surface area contributed by atoms with Gasteiger partial charge in [0.2, 0.25) is 0 Å². The molecule has 0 aromatic heterocycles. The molecule has 2 atom stereocenters. The second-order valence-electron chi connectivity index (χ2n) is 3.28. The van der Waals surface area contributed by atoms with Crippen molar-refractivity contribution >= 4 is 22.6 Å². The number of alkyl halides is 1. The Bertz CT molecular complexity index is 117. The van der Waals surface area contributed by atoms with E-state index < -0.39 is 0 Å². The molecule has 1 saturated heterocycles. The maximum absolute atomic E-state index is 3.48. The second-order valence-corrected chi connectivity index (χ2v) is 5.08. The molecule has 1 aliphatic heterocycles. The topological polar surface area (TPSA) is 15.3 Å². The molecule has 2 nitrogen and oxygen atoms in total. The van der Waals surface area contributed by atoms with Crippen LogP contribution in [0.2, 0.25) is 0 Å². The standard InChI is InChI=1S/C8H17IN2/c1-7-6-11(8(2)9)5-3-4-10-7/h7-8,10H,3-6H2,1-2H3/t7-,8?/m0/s1. The van der Waals surface area contributed by atoms with Crippen LogP contribution in [0, 0.1) is 0 Å². The molecule has 0 amide bonds. The highest BCUT2D eigenvalue weighted by Gasteiger charge is 2.16. The van der Waals surface area contributed by atoms with E-state index in [0.717, 1.165) is 0 Å². The summed E-state index contributed by atoms with van der Waals surface area (Å²) in [7, 11) is 0. The molecule has 1 rings (SSSR count). The monoisotopic (exact) mass is 268 g/mol. The molecule has 1 heterocycles. The summed E-state index contributed by atoms with van der Waals surface area (Å²) in [5.74, 6) is 0. The van der Waals surface area contributed by atoms with Gasteiger partial charge in [-0.1, -0.05) is 22.6 Å². The average Bonchev–Trinajstić information content (AvgIpc) is 2.13. The molecule has 1 aliphatic rings. The van der Waals surface area contributed by atoms with Crippen LogP contribution >= 0.6 is 22.6 Å². The normalized spacial score (nSPS) is 31.4. The molecule has 1 fully saturated rings. The molecule has 0 aromatic rings. The van der Waals surface area contributed by atoms with Crippen molar-refractivity contribution in [3.05, 3.63) is 0 Å². The predicted octanol–water partition coefficient (Wildman–Crippen LogP) is 1.45. The van der Waals surface area contributed by atoms with Gasteiger partial charge in [-0.2, -0.15) is 0 Å². The predicted molar refractivity (Wildman–Crippen MR) is 57.1 cm³/mol. The van der Waals surface area contributed by atoms with Gasteiger partial charge < -0.3 is 5.32 Å². The lowest BCUT2D eigenvalue weighted by atomic mass is 10.3. The van der Waals surface area contributed by atoms with Gasteiger partial charge in [0.25, 0.3) is 0 Å². The molecule has 3 heteroatoms. The Labute approximate surface area is 82.9 Å². The molecular formula is C8H17IN2. The van der Waals surface area contributed by atoms with Gasteiger partial charge in [0, 0.05) is 19.1 Å². The third-order valence-corrected chi connectivity index (χ3v) is 2.91. The summed E-state index contributed by atoms with van der Waals surface area (Å²) >= 11 is 2.49. The van der Waals surface area contributed by atoms with Crippen LogP contribution in [0.3, 0.4) is 0 Å². The minimum Gasteiger partial charge on any atom is -0.313 e. The zero-order valence-corrected chi connectivity index (χ0v) is 9.47. The van der Waals surface area contributed by atoms with Crippen LogP contribution in [-0.4, -0.2) is 34.6 Å². The first-order chi connectivity index (χ1) is 5.20. The third kappa shape index (κ3) is 3.25. The van der Waals surface area contributed by atoms with Gasteiger partial charge in [-0.25, -0.2) is 0 Å². The third-order valence-electron chi connectivity index (χ3n) is 2.13. The van der Waals surface area contributed by atoms with Crippen molar-refractivity contribution in [3.63, 3.8) is 0 Å². The fourth-order valence-corrected chi connectivity index (χ4v) is 1.97. The molecule has 11 heavy (non-hydrogen) atoms. The summed E-state index contributed by atoms with van der Waals surface area (Å²) in [6.45, 7) is 8.16. The first-order valence-electron chi connectivity index (χ1n) is 4.31. The van der Waals surface area contributed by atoms with Crippen LogP contribution in [0.15, 0.2) is 0 Å².